The first-order chi connectivity index (χ1) is 7.34. The van der Waals surface area contributed by atoms with Crippen molar-refractivity contribution >= 4 is 5.97 Å². The summed E-state index contributed by atoms with van der Waals surface area (Å²) in [5, 5.41) is 0. The molecule has 2 nitrogen and oxygen atoms in total. The van der Waals surface area contributed by atoms with Gasteiger partial charge in [-0.15, -0.1) is 0 Å². The van der Waals surface area contributed by atoms with Gasteiger partial charge in [-0.25, -0.2) is 0 Å². The highest BCUT2D eigenvalue weighted by Gasteiger charge is 2.38. The predicted molar refractivity (Wildman–Crippen MR) is 66.1 cm³/mol. The molecule has 16 heavy (non-hydrogen) atoms. The fraction of sp³-hybridized carbons (Fsp3) is 0.929. The molecule has 1 saturated carbocycles. The summed E-state index contributed by atoms with van der Waals surface area (Å²) in [5.74, 6) is 1.40. The molecule has 0 aromatic carbocycles. The largest absolute Gasteiger partial charge is 0.462 e. The SMILES string of the molecule is CC(=O)OC(C)C(C)(C)C1CCC(C)CC1. The summed E-state index contributed by atoms with van der Waals surface area (Å²) in [6.45, 7) is 10.3. The molecule has 0 aromatic heterocycles. The third-order valence-corrected chi connectivity index (χ3v) is 4.46. The average molecular weight is 226 g/mol. The normalized spacial score (nSPS) is 28.6. The molecule has 1 unspecified atom stereocenters. The van der Waals surface area contributed by atoms with Gasteiger partial charge in [0.25, 0.3) is 0 Å². The van der Waals surface area contributed by atoms with Gasteiger partial charge in [-0.05, 0) is 31.6 Å². The summed E-state index contributed by atoms with van der Waals surface area (Å²) in [6, 6.07) is 0. The summed E-state index contributed by atoms with van der Waals surface area (Å²) in [7, 11) is 0. The number of hydrogen-bond acceptors (Lipinski definition) is 2. The highest BCUT2D eigenvalue weighted by Crippen LogP contribution is 2.42. The lowest BCUT2D eigenvalue weighted by atomic mass is 9.67. The molecule has 1 atom stereocenters. The van der Waals surface area contributed by atoms with Crippen molar-refractivity contribution in [2.45, 2.75) is 66.4 Å². The van der Waals surface area contributed by atoms with Gasteiger partial charge in [-0.3, -0.25) is 4.79 Å². The van der Waals surface area contributed by atoms with Crippen LogP contribution in [0.2, 0.25) is 0 Å². The Balaban J connectivity index is 2.58. The van der Waals surface area contributed by atoms with Crippen LogP contribution in [0.5, 0.6) is 0 Å². The van der Waals surface area contributed by atoms with Gasteiger partial charge in [0.05, 0.1) is 0 Å². The van der Waals surface area contributed by atoms with Gasteiger partial charge in [0, 0.05) is 12.3 Å². The minimum Gasteiger partial charge on any atom is -0.462 e. The van der Waals surface area contributed by atoms with Crippen LogP contribution in [0.1, 0.15) is 60.3 Å². The van der Waals surface area contributed by atoms with E-state index in [4.69, 9.17) is 4.74 Å². The third-order valence-electron chi connectivity index (χ3n) is 4.46. The van der Waals surface area contributed by atoms with Crippen molar-refractivity contribution < 1.29 is 9.53 Å². The number of rotatable bonds is 3. The smallest absolute Gasteiger partial charge is 0.302 e. The number of hydrogen-bond donors (Lipinski definition) is 0. The first-order valence-electron chi connectivity index (χ1n) is 6.51. The zero-order chi connectivity index (χ0) is 12.3. The number of ether oxygens (including phenoxy) is 1. The minimum absolute atomic E-state index is 0.0170. The van der Waals surface area contributed by atoms with Crippen LogP contribution in [-0.4, -0.2) is 12.1 Å². The molecule has 0 aliphatic heterocycles. The Bertz CT molecular complexity index is 237. The van der Waals surface area contributed by atoms with Crippen molar-refractivity contribution in [1.29, 1.82) is 0 Å². The van der Waals surface area contributed by atoms with Crippen LogP contribution in [0, 0.1) is 17.3 Å². The van der Waals surface area contributed by atoms with Gasteiger partial charge in [0.2, 0.25) is 0 Å². The standard InChI is InChI=1S/C14H26O2/c1-10-6-8-13(9-7-10)14(4,5)11(2)16-12(3)15/h10-11,13H,6-9H2,1-5H3. The van der Waals surface area contributed by atoms with E-state index in [1.54, 1.807) is 0 Å². The molecule has 1 aliphatic carbocycles. The molecule has 0 bridgehead atoms. The number of carbonyl (C=O) groups is 1. The molecule has 0 N–H and O–H groups in total. The van der Waals surface area contributed by atoms with Crippen LogP contribution in [-0.2, 0) is 9.53 Å². The Morgan fingerprint density at radius 3 is 2.19 bits per heavy atom. The molecule has 1 fully saturated rings. The van der Waals surface area contributed by atoms with E-state index in [1.165, 1.54) is 32.6 Å². The molecule has 0 saturated heterocycles. The first kappa shape index (κ1) is 13.5. The van der Waals surface area contributed by atoms with Crippen LogP contribution in [0.25, 0.3) is 0 Å². The van der Waals surface area contributed by atoms with Crippen LogP contribution < -0.4 is 0 Å². The van der Waals surface area contributed by atoms with Crippen LogP contribution in [0.3, 0.4) is 0 Å². The van der Waals surface area contributed by atoms with Gasteiger partial charge in [0.15, 0.2) is 0 Å². The Hall–Kier alpha value is -0.530. The van der Waals surface area contributed by atoms with Gasteiger partial charge >= 0.3 is 5.97 Å². The molecule has 1 rings (SSSR count). The lowest BCUT2D eigenvalue weighted by molar-refractivity contribution is -0.154. The number of carbonyl (C=O) groups excluding carboxylic acids is 1. The third kappa shape index (κ3) is 3.23. The molecule has 0 spiro atoms. The van der Waals surface area contributed by atoms with E-state index in [0.29, 0.717) is 5.92 Å². The van der Waals surface area contributed by atoms with E-state index < -0.39 is 0 Å². The Kier molecular flexibility index (Phi) is 4.40. The van der Waals surface area contributed by atoms with E-state index in [-0.39, 0.29) is 17.5 Å². The van der Waals surface area contributed by atoms with E-state index >= 15 is 0 Å². The average Bonchev–Trinajstić information content (AvgIpc) is 2.17. The summed E-state index contributed by atoms with van der Waals surface area (Å²) < 4.78 is 5.36. The maximum Gasteiger partial charge on any atom is 0.302 e. The van der Waals surface area contributed by atoms with Crippen LogP contribution in [0.4, 0.5) is 0 Å². The van der Waals surface area contributed by atoms with Gasteiger partial charge in [-0.2, -0.15) is 0 Å². The molecule has 94 valence electrons. The molecular formula is C14H26O2. The molecule has 0 heterocycles. The van der Waals surface area contributed by atoms with Crippen molar-refractivity contribution in [3.63, 3.8) is 0 Å². The highest BCUT2D eigenvalue weighted by atomic mass is 16.5. The summed E-state index contributed by atoms with van der Waals surface area (Å²) in [4.78, 5) is 11.0. The van der Waals surface area contributed by atoms with Crippen molar-refractivity contribution in [3.05, 3.63) is 0 Å². The lowest BCUT2D eigenvalue weighted by Crippen LogP contribution is -2.39. The zero-order valence-corrected chi connectivity index (χ0v) is 11.4. The zero-order valence-electron chi connectivity index (χ0n) is 11.4. The molecule has 1 aliphatic rings. The van der Waals surface area contributed by atoms with Crippen molar-refractivity contribution in [2.75, 3.05) is 0 Å². The van der Waals surface area contributed by atoms with E-state index in [2.05, 4.69) is 20.8 Å². The van der Waals surface area contributed by atoms with Gasteiger partial charge < -0.3 is 4.74 Å². The maximum atomic E-state index is 11.0. The topological polar surface area (TPSA) is 26.3 Å². The van der Waals surface area contributed by atoms with E-state index in [9.17, 15) is 4.79 Å². The monoisotopic (exact) mass is 226 g/mol. The van der Waals surface area contributed by atoms with Gasteiger partial charge in [-0.1, -0.05) is 33.6 Å². The lowest BCUT2D eigenvalue weighted by Gasteiger charge is -2.41. The Morgan fingerprint density at radius 2 is 1.75 bits per heavy atom. The van der Waals surface area contributed by atoms with Crippen molar-refractivity contribution in [1.82, 2.24) is 0 Å². The second-order valence-corrected chi connectivity index (χ2v) is 6.03. The minimum atomic E-state index is -0.162. The van der Waals surface area contributed by atoms with Crippen LogP contribution >= 0.6 is 0 Å². The second-order valence-electron chi connectivity index (χ2n) is 6.03. The maximum absolute atomic E-state index is 11.0. The quantitative estimate of drug-likeness (QED) is 0.684. The van der Waals surface area contributed by atoms with Crippen molar-refractivity contribution in [2.24, 2.45) is 17.3 Å². The van der Waals surface area contributed by atoms with Crippen LogP contribution in [0.15, 0.2) is 0 Å². The fourth-order valence-corrected chi connectivity index (χ4v) is 2.74. The molecule has 2 heteroatoms. The molecule has 0 amide bonds. The molecule has 0 radical (unpaired) electrons. The van der Waals surface area contributed by atoms with Crippen molar-refractivity contribution in [3.8, 4) is 0 Å². The first-order valence-corrected chi connectivity index (χ1v) is 6.51. The van der Waals surface area contributed by atoms with E-state index in [1.807, 2.05) is 6.92 Å². The van der Waals surface area contributed by atoms with E-state index in [0.717, 1.165) is 5.92 Å². The fourth-order valence-electron chi connectivity index (χ4n) is 2.74. The molecular weight excluding hydrogens is 200 g/mol. The highest BCUT2D eigenvalue weighted by molar-refractivity contribution is 5.66. The Labute approximate surface area is 99.8 Å². The summed E-state index contributed by atoms with van der Waals surface area (Å²) in [5.41, 5.74) is 0.103. The Morgan fingerprint density at radius 1 is 1.25 bits per heavy atom. The predicted octanol–water partition coefficient (Wildman–Crippen LogP) is 3.79. The summed E-state index contributed by atoms with van der Waals surface area (Å²) >= 11 is 0. The summed E-state index contributed by atoms with van der Waals surface area (Å²) in [6.07, 6.45) is 5.21. The number of esters is 1. The molecule has 0 aromatic rings. The second kappa shape index (κ2) is 5.20. The van der Waals surface area contributed by atoms with Gasteiger partial charge in [0.1, 0.15) is 6.10 Å².